The Balaban J connectivity index is 1.75. The molecule has 8 heteroatoms. The summed E-state index contributed by atoms with van der Waals surface area (Å²) >= 11 is 0. The molecule has 0 radical (unpaired) electrons. The van der Waals surface area contributed by atoms with Crippen molar-refractivity contribution in [2.24, 2.45) is 0 Å². The van der Waals surface area contributed by atoms with Crippen LogP contribution in [0.3, 0.4) is 0 Å². The number of nitrogens with one attached hydrogen (secondary N) is 2. The van der Waals surface area contributed by atoms with Gasteiger partial charge in [-0.25, -0.2) is 8.42 Å². The number of esters is 1. The predicted molar refractivity (Wildman–Crippen MR) is 102 cm³/mol. The number of ether oxygens (including phenoxy) is 1. The molecule has 146 valence electrons. The maximum absolute atomic E-state index is 12.6. The van der Waals surface area contributed by atoms with Crippen LogP contribution in [0.25, 0.3) is 0 Å². The van der Waals surface area contributed by atoms with Crippen molar-refractivity contribution in [3.63, 3.8) is 0 Å². The molecule has 0 amide bonds. The highest BCUT2D eigenvalue weighted by Gasteiger charge is 2.52. The summed E-state index contributed by atoms with van der Waals surface area (Å²) in [5.74, 6) is 0.278. The van der Waals surface area contributed by atoms with Crippen LogP contribution in [-0.2, 0) is 25.0 Å². The highest BCUT2D eigenvalue weighted by atomic mass is 32.2. The van der Waals surface area contributed by atoms with Crippen molar-refractivity contribution in [1.29, 1.82) is 0 Å². The van der Waals surface area contributed by atoms with E-state index in [0.29, 0.717) is 0 Å². The Morgan fingerprint density at radius 2 is 2.00 bits per heavy atom. The van der Waals surface area contributed by atoms with E-state index in [2.05, 4.69) is 28.8 Å². The van der Waals surface area contributed by atoms with E-state index in [-0.39, 0.29) is 22.6 Å². The van der Waals surface area contributed by atoms with Crippen LogP contribution in [0.1, 0.15) is 56.7 Å². The number of nitrogens with zero attached hydrogens (tertiary/aromatic N) is 1. The first-order valence-electron chi connectivity index (χ1n) is 9.09. The number of rotatable bonds is 8. The molecule has 1 unspecified atom stereocenters. The van der Waals surface area contributed by atoms with E-state index in [1.54, 1.807) is 18.2 Å². The Kier molecular flexibility index (Phi) is 5.28. The van der Waals surface area contributed by atoms with E-state index >= 15 is 0 Å². The molecule has 1 aliphatic rings. The lowest BCUT2D eigenvalue weighted by Crippen LogP contribution is -2.22. The predicted octanol–water partition coefficient (Wildman–Crippen LogP) is 3.32. The van der Waals surface area contributed by atoms with Crippen molar-refractivity contribution in [2.75, 3.05) is 11.8 Å². The fraction of sp³-hybridized carbons (Fsp3) is 0.474. The monoisotopic (exact) mass is 391 g/mol. The molecular weight excluding hydrogens is 366 g/mol. The van der Waals surface area contributed by atoms with Gasteiger partial charge in [-0.15, -0.1) is 0 Å². The quantitative estimate of drug-likeness (QED) is 0.672. The van der Waals surface area contributed by atoms with Crippen LogP contribution in [0.15, 0.2) is 35.2 Å². The molecule has 1 aromatic carbocycles. The molecule has 1 heterocycles. The first-order valence-corrected chi connectivity index (χ1v) is 10.6. The van der Waals surface area contributed by atoms with Gasteiger partial charge in [0.05, 0.1) is 17.4 Å². The molecule has 0 aliphatic heterocycles. The van der Waals surface area contributed by atoms with Crippen molar-refractivity contribution in [3.8, 4) is 0 Å². The molecule has 2 N–H and O–H groups in total. The van der Waals surface area contributed by atoms with Gasteiger partial charge in [0.1, 0.15) is 0 Å². The average molecular weight is 391 g/mol. The zero-order chi connectivity index (χ0) is 19.7. The van der Waals surface area contributed by atoms with Gasteiger partial charge in [0, 0.05) is 11.8 Å². The molecule has 1 fully saturated rings. The summed E-state index contributed by atoms with van der Waals surface area (Å²) in [4.78, 5) is 12.1. The fourth-order valence-electron chi connectivity index (χ4n) is 3.31. The van der Waals surface area contributed by atoms with Gasteiger partial charge >= 0.3 is 5.97 Å². The number of carbonyl (C=O) groups is 1. The van der Waals surface area contributed by atoms with Crippen molar-refractivity contribution < 1.29 is 17.9 Å². The standard InChI is InChI=1S/C19H25N3O4S/c1-4-5-13(2)16-12-17(21-20-16)22-27(24,25)15-8-6-14(7-9-15)19(10-11-19)18(23)26-3/h6-9,12-13H,4-5,10-11H2,1-3H3,(H2,20,21,22). The number of H-pyrrole nitrogens is 1. The van der Waals surface area contributed by atoms with Gasteiger partial charge in [0.15, 0.2) is 5.82 Å². The fourth-order valence-corrected chi connectivity index (χ4v) is 4.30. The number of aromatic amines is 1. The number of aromatic nitrogens is 2. The maximum atomic E-state index is 12.6. The van der Waals surface area contributed by atoms with E-state index in [9.17, 15) is 13.2 Å². The number of anilines is 1. The van der Waals surface area contributed by atoms with E-state index in [4.69, 9.17) is 4.74 Å². The van der Waals surface area contributed by atoms with Crippen molar-refractivity contribution in [1.82, 2.24) is 10.2 Å². The van der Waals surface area contributed by atoms with Crippen LogP contribution in [-0.4, -0.2) is 31.7 Å². The summed E-state index contributed by atoms with van der Waals surface area (Å²) in [6.45, 7) is 4.18. The highest BCUT2D eigenvalue weighted by molar-refractivity contribution is 7.92. The Morgan fingerprint density at radius 3 is 2.56 bits per heavy atom. The van der Waals surface area contributed by atoms with Crippen LogP contribution >= 0.6 is 0 Å². The summed E-state index contributed by atoms with van der Waals surface area (Å²) in [6.07, 6.45) is 3.48. The lowest BCUT2D eigenvalue weighted by molar-refractivity contribution is -0.143. The van der Waals surface area contributed by atoms with Crippen molar-refractivity contribution in [2.45, 2.75) is 55.8 Å². The SMILES string of the molecule is CCCC(C)c1cc(NS(=O)(=O)c2ccc(C3(C(=O)OC)CC3)cc2)n[nH]1. The molecule has 2 aromatic rings. The van der Waals surface area contributed by atoms with Gasteiger partial charge in [-0.2, -0.15) is 5.10 Å². The number of hydrogen-bond acceptors (Lipinski definition) is 5. The third-order valence-corrected chi connectivity index (χ3v) is 6.50. The minimum atomic E-state index is -3.75. The number of methoxy groups -OCH3 is 1. The molecule has 0 bridgehead atoms. The number of sulfonamides is 1. The smallest absolute Gasteiger partial charge is 0.316 e. The van der Waals surface area contributed by atoms with Gasteiger partial charge in [0.2, 0.25) is 0 Å². The summed E-state index contributed by atoms with van der Waals surface area (Å²) in [7, 11) is -2.39. The molecule has 1 atom stereocenters. The van der Waals surface area contributed by atoms with Crippen molar-refractivity contribution >= 4 is 21.8 Å². The van der Waals surface area contributed by atoms with E-state index in [0.717, 1.165) is 36.9 Å². The normalized spacial score (nSPS) is 16.6. The summed E-state index contributed by atoms with van der Waals surface area (Å²) in [5.41, 5.74) is 1.07. The van der Waals surface area contributed by atoms with Crippen LogP contribution in [0.4, 0.5) is 5.82 Å². The Bertz CT molecular complexity index is 915. The zero-order valence-electron chi connectivity index (χ0n) is 15.8. The van der Waals surface area contributed by atoms with Gasteiger partial charge in [-0.3, -0.25) is 14.6 Å². The summed E-state index contributed by atoms with van der Waals surface area (Å²) < 4.78 is 32.6. The lowest BCUT2D eigenvalue weighted by Gasteiger charge is -2.13. The molecule has 1 aliphatic carbocycles. The largest absolute Gasteiger partial charge is 0.468 e. The summed E-state index contributed by atoms with van der Waals surface area (Å²) in [5, 5.41) is 6.95. The second-order valence-electron chi connectivity index (χ2n) is 7.10. The van der Waals surface area contributed by atoms with E-state index in [1.165, 1.54) is 19.2 Å². The van der Waals surface area contributed by atoms with E-state index < -0.39 is 15.4 Å². The molecule has 7 nitrogen and oxygen atoms in total. The minimum absolute atomic E-state index is 0.123. The maximum Gasteiger partial charge on any atom is 0.316 e. The molecule has 0 saturated heterocycles. The zero-order valence-corrected chi connectivity index (χ0v) is 16.6. The second kappa shape index (κ2) is 7.34. The van der Waals surface area contributed by atoms with Crippen molar-refractivity contribution in [3.05, 3.63) is 41.6 Å². The van der Waals surface area contributed by atoms with Gasteiger partial charge < -0.3 is 4.74 Å². The number of hydrogen-bond donors (Lipinski definition) is 2. The van der Waals surface area contributed by atoms with Gasteiger partial charge in [-0.05, 0) is 42.9 Å². The molecule has 27 heavy (non-hydrogen) atoms. The highest BCUT2D eigenvalue weighted by Crippen LogP contribution is 2.49. The Hall–Kier alpha value is -2.35. The first kappa shape index (κ1) is 19.4. The van der Waals surface area contributed by atoms with Crippen LogP contribution in [0.5, 0.6) is 0 Å². The third kappa shape index (κ3) is 3.85. The Labute approximate surface area is 159 Å². The van der Waals surface area contributed by atoms with Crippen LogP contribution in [0.2, 0.25) is 0 Å². The third-order valence-electron chi connectivity index (χ3n) is 5.13. The van der Waals surface area contributed by atoms with E-state index in [1.807, 2.05) is 0 Å². The van der Waals surface area contributed by atoms with Crippen LogP contribution in [0, 0.1) is 0 Å². The average Bonchev–Trinajstić information content (AvgIpc) is 3.34. The molecule has 0 spiro atoms. The number of carbonyl (C=O) groups excluding carboxylic acids is 1. The topological polar surface area (TPSA) is 101 Å². The molecule has 3 rings (SSSR count). The Morgan fingerprint density at radius 1 is 1.33 bits per heavy atom. The second-order valence-corrected chi connectivity index (χ2v) is 8.78. The molecular formula is C19H25N3O4S. The number of benzene rings is 1. The minimum Gasteiger partial charge on any atom is -0.468 e. The summed E-state index contributed by atoms with van der Waals surface area (Å²) in [6, 6.07) is 8.10. The molecule has 1 saturated carbocycles. The lowest BCUT2D eigenvalue weighted by atomic mass is 9.96. The van der Waals surface area contributed by atoms with Gasteiger partial charge in [-0.1, -0.05) is 32.4 Å². The van der Waals surface area contributed by atoms with Crippen LogP contribution < -0.4 is 4.72 Å². The van der Waals surface area contributed by atoms with Gasteiger partial charge in [0.25, 0.3) is 10.0 Å². The first-order chi connectivity index (χ1) is 12.8. The molecule has 1 aromatic heterocycles.